The fraction of sp³-hybridized carbons (Fsp3) is 0.176. The lowest BCUT2D eigenvalue weighted by Crippen LogP contribution is -2.44. The summed E-state index contributed by atoms with van der Waals surface area (Å²) in [6.07, 6.45) is -0.718. The van der Waals surface area contributed by atoms with Gasteiger partial charge in [0.1, 0.15) is 11.6 Å². The number of aromatic carboxylic acids is 1. The molecule has 3 rings (SSSR count). The molecule has 1 aliphatic rings. The Morgan fingerprint density at radius 3 is 2.74 bits per heavy atom. The summed E-state index contributed by atoms with van der Waals surface area (Å²) in [6, 6.07) is 10.4. The maximum Gasteiger partial charge on any atom is 0.335 e. The molecule has 5 nitrogen and oxygen atoms in total. The Hall–Kier alpha value is -2.89. The standard InChI is InChI=1S/C17H14FNO4/c1-10-16(20)19(9-12-4-2-3-5-13(12)18)14-8-11(17(21)22)6-7-15(14)23-10/h2-8,10H,9H2,1H3,(H,21,22). The molecule has 6 heteroatoms. The molecule has 0 aliphatic carbocycles. The number of carboxylic acids is 1. The Balaban J connectivity index is 2.05. The van der Waals surface area contributed by atoms with Gasteiger partial charge in [0.05, 0.1) is 17.8 Å². The van der Waals surface area contributed by atoms with Crippen LogP contribution in [0.1, 0.15) is 22.8 Å². The zero-order valence-corrected chi connectivity index (χ0v) is 12.3. The molecule has 1 atom stereocenters. The Labute approximate surface area is 131 Å². The summed E-state index contributed by atoms with van der Waals surface area (Å²) >= 11 is 0. The Morgan fingerprint density at radius 1 is 1.30 bits per heavy atom. The Kier molecular flexibility index (Phi) is 3.73. The van der Waals surface area contributed by atoms with E-state index < -0.39 is 17.9 Å². The van der Waals surface area contributed by atoms with Crippen LogP contribution in [-0.2, 0) is 11.3 Å². The zero-order valence-electron chi connectivity index (χ0n) is 12.3. The Bertz CT molecular complexity index is 790. The van der Waals surface area contributed by atoms with E-state index in [0.717, 1.165) is 0 Å². The number of rotatable bonds is 3. The lowest BCUT2D eigenvalue weighted by atomic mass is 10.1. The molecule has 0 bridgehead atoms. The van der Waals surface area contributed by atoms with Crippen LogP contribution in [0.5, 0.6) is 5.75 Å². The minimum absolute atomic E-state index is 0.00921. The van der Waals surface area contributed by atoms with Crippen molar-refractivity contribution in [3.63, 3.8) is 0 Å². The van der Waals surface area contributed by atoms with Gasteiger partial charge in [-0.1, -0.05) is 18.2 Å². The minimum atomic E-state index is -1.11. The fourth-order valence-corrected chi connectivity index (χ4v) is 2.50. The van der Waals surface area contributed by atoms with Gasteiger partial charge >= 0.3 is 5.97 Å². The average molecular weight is 315 g/mol. The molecule has 0 spiro atoms. The molecular weight excluding hydrogens is 301 g/mol. The highest BCUT2D eigenvalue weighted by atomic mass is 19.1. The first-order chi connectivity index (χ1) is 11.0. The number of carbonyl (C=O) groups excluding carboxylic acids is 1. The predicted molar refractivity (Wildman–Crippen MR) is 81.1 cm³/mol. The summed E-state index contributed by atoms with van der Waals surface area (Å²) in [6.45, 7) is 1.61. The van der Waals surface area contributed by atoms with Gasteiger partial charge in [-0.05, 0) is 31.2 Å². The molecule has 0 radical (unpaired) electrons. The number of benzene rings is 2. The number of anilines is 1. The van der Waals surface area contributed by atoms with Gasteiger partial charge in [0.15, 0.2) is 6.10 Å². The fourth-order valence-electron chi connectivity index (χ4n) is 2.50. The van der Waals surface area contributed by atoms with E-state index in [-0.39, 0.29) is 18.0 Å². The number of fused-ring (bicyclic) bond motifs is 1. The van der Waals surface area contributed by atoms with Gasteiger partial charge in [-0.3, -0.25) is 4.79 Å². The number of ether oxygens (including phenoxy) is 1. The van der Waals surface area contributed by atoms with Crippen molar-refractivity contribution >= 4 is 17.6 Å². The van der Waals surface area contributed by atoms with Crippen LogP contribution in [0.3, 0.4) is 0 Å². The normalized spacial score (nSPS) is 16.7. The van der Waals surface area contributed by atoms with Gasteiger partial charge in [0.25, 0.3) is 5.91 Å². The maximum atomic E-state index is 13.9. The van der Waals surface area contributed by atoms with E-state index in [0.29, 0.717) is 17.0 Å². The van der Waals surface area contributed by atoms with Crippen LogP contribution in [0.4, 0.5) is 10.1 Å². The minimum Gasteiger partial charge on any atom is -0.479 e. The van der Waals surface area contributed by atoms with E-state index in [1.807, 2.05) is 0 Å². The molecule has 1 heterocycles. The van der Waals surface area contributed by atoms with E-state index in [1.54, 1.807) is 25.1 Å². The van der Waals surface area contributed by atoms with Crippen LogP contribution >= 0.6 is 0 Å². The molecule has 1 aliphatic heterocycles. The zero-order chi connectivity index (χ0) is 16.6. The summed E-state index contributed by atoms with van der Waals surface area (Å²) in [7, 11) is 0. The topological polar surface area (TPSA) is 66.8 Å². The van der Waals surface area contributed by atoms with Gasteiger partial charge in [-0.25, -0.2) is 9.18 Å². The number of carbonyl (C=O) groups is 2. The molecule has 1 amide bonds. The smallest absolute Gasteiger partial charge is 0.335 e. The molecule has 0 aromatic heterocycles. The third-order valence-electron chi connectivity index (χ3n) is 3.70. The van der Waals surface area contributed by atoms with Crippen molar-refractivity contribution in [3.05, 3.63) is 59.4 Å². The molecule has 0 saturated heterocycles. The largest absolute Gasteiger partial charge is 0.479 e. The summed E-state index contributed by atoms with van der Waals surface area (Å²) in [4.78, 5) is 24.9. The van der Waals surface area contributed by atoms with E-state index in [2.05, 4.69) is 0 Å². The van der Waals surface area contributed by atoms with Crippen LogP contribution in [0.15, 0.2) is 42.5 Å². The third kappa shape index (κ3) is 2.75. The van der Waals surface area contributed by atoms with Gasteiger partial charge < -0.3 is 14.7 Å². The first-order valence-electron chi connectivity index (χ1n) is 7.06. The molecule has 2 aromatic rings. The molecule has 1 N–H and O–H groups in total. The quantitative estimate of drug-likeness (QED) is 0.946. The summed E-state index contributed by atoms with van der Waals surface area (Å²) in [5.41, 5.74) is 0.714. The monoisotopic (exact) mass is 315 g/mol. The number of carboxylic acid groups (broad SMARTS) is 1. The molecular formula is C17H14FNO4. The molecule has 23 heavy (non-hydrogen) atoms. The lowest BCUT2D eigenvalue weighted by molar-refractivity contribution is -0.125. The molecule has 0 fully saturated rings. The van der Waals surface area contributed by atoms with Crippen molar-refractivity contribution in [2.45, 2.75) is 19.6 Å². The first kappa shape index (κ1) is 15.0. The van der Waals surface area contributed by atoms with Crippen LogP contribution < -0.4 is 9.64 Å². The second kappa shape index (κ2) is 5.72. The number of halogens is 1. The van der Waals surface area contributed by atoms with Crippen LogP contribution in [-0.4, -0.2) is 23.1 Å². The van der Waals surface area contributed by atoms with Crippen molar-refractivity contribution in [2.24, 2.45) is 0 Å². The van der Waals surface area contributed by atoms with Crippen molar-refractivity contribution < 1.29 is 23.8 Å². The van der Waals surface area contributed by atoms with E-state index in [9.17, 15) is 14.0 Å². The maximum absolute atomic E-state index is 13.9. The second-order valence-electron chi connectivity index (χ2n) is 5.26. The van der Waals surface area contributed by atoms with Crippen LogP contribution in [0.2, 0.25) is 0 Å². The number of hydrogen-bond acceptors (Lipinski definition) is 3. The SMILES string of the molecule is CC1Oc2ccc(C(=O)O)cc2N(Cc2ccccc2F)C1=O. The van der Waals surface area contributed by atoms with E-state index in [4.69, 9.17) is 9.84 Å². The molecule has 2 aromatic carbocycles. The van der Waals surface area contributed by atoms with Crippen LogP contribution in [0.25, 0.3) is 0 Å². The van der Waals surface area contributed by atoms with Gasteiger partial charge in [-0.15, -0.1) is 0 Å². The first-order valence-corrected chi connectivity index (χ1v) is 7.06. The number of nitrogens with zero attached hydrogens (tertiary/aromatic N) is 1. The second-order valence-corrected chi connectivity index (χ2v) is 5.26. The van der Waals surface area contributed by atoms with Crippen molar-refractivity contribution in [2.75, 3.05) is 4.90 Å². The average Bonchev–Trinajstić information content (AvgIpc) is 2.53. The highest BCUT2D eigenvalue weighted by Gasteiger charge is 2.32. The Morgan fingerprint density at radius 2 is 2.04 bits per heavy atom. The number of hydrogen-bond donors (Lipinski definition) is 1. The van der Waals surface area contributed by atoms with Crippen LogP contribution in [0, 0.1) is 5.82 Å². The molecule has 0 saturated carbocycles. The van der Waals surface area contributed by atoms with E-state index >= 15 is 0 Å². The van der Waals surface area contributed by atoms with Gasteiger partial charge in [0, 0.05) is 5.56 Å². The molecule has 118 valence electrons. The third-order valence-corrected chi connectivity index (χ3v) is 3.70. The van der Waals surface area contributed by atoms with Gasteiger partial charge in [0.2, 0.25) is 0 Å². The van der Waals surface area contributed by atoms with Crippen molar-refractivity contribution in [3.8, 4) is 5.75 Å². The van der Waals surface area contributed by atoms with Crippen molar-refractivity contribution in [1.29, 1.82) is 0 Å². The highest BCUT2D eigenvalue weighted by molar-refractivity contribution is 6.01. The van der Waals surface area contributed by atoms with E-state index in [1.165, 1.54) is 29.2 Å². The predicted octanol–water partition coefficient (Wildman–Crippen LogP) is 2.84. The summed E-state index contributed by atoms with van der Waals surface area (Å²) in [5, 5.41) is 9.12. The van der Waals surface area contributed by atoms with Crippen molar-refractivity contribution in [1.82, 2.24) is 0 Å². The summed E-state index contributed by atoms with van der Waals surface area (Å²) < 4.78 is 19.4. The lowest BCUT2D eigenvalue weighted by Gasteiger charge is -2.33. The van der Waals surface area contributed by atoms with Gasteiger partial charge in [-0.2, -0.15) is 0 Å². The molecule has 1 unspecified atom stereocenters. The highest BCUT2D eigenvalue weighted by Crippen LogP contribution is 2.36. The number of amides is 1. The summed E-state index contributed by atoms with van der Waals surface area (Å²) in [5.74, 6) is -1.47.